The standard InChI is InChI=1S/C36H34F6N6O5/c37-24-4-1-21(2-5-24)11-47(33(19-53-20-33)36(40,41)42)29(49)13-46-30(50)34(44-31(46)51)16-35(38,39)28-7-22(3-6-27(28)34)23-10-43-48(12-23)25-8-32(9-25)17-45(18-32)26-14-52-15-26/h1-7,10,12,25-26H,8-9,11,13-20H2,(H,44,51)/t34-/m0/s1. The number of aromatic nitrogens is 2. The average molecular weight is 745 g/mol. The van der Waals surface area contributed by atoms with Crippen LogP contribution in [0.3, 0.4) is 0 Å². The Labute approximate surface area is 298 Å². The highest BCUT2D eigenvalue weighted by atomic mass is 19.4. The number of rotatable bonds is 8. The summed E-state index contributed by atoms with van der Waals surface area (Å²) in [5, 5.41) is 6.85. The molecule has 1 saturated carbocycles. The van der Waals surface area contributed by atoms with Gasteiger partial charge >= 0.3 is 12.2 Å². The number of hydrogen-bond acceptors (Lipinski definition) is 7. The van der Waals surface area contributed by atoms with E-state index in [2.05, 4.69) is 15.3 Å². The van der Waals surface area contributed by atoms with Gasteiger partial charge < -0.3 is 19.7 Å². The van der Waals surface area contributed by atoms with E-state index in [9.17, 15) is 31.9 Å². The van der Waals surface area contributed by atoms with E-state index in [0.29, 0.717) is 27.0 Å². The van der Waals surface area contributed by atoms with E-state index >= 15 is 8.78 Å². The Balaban J connectivity index is 0.933. The van der Waals surface area contributed by atoms with Crippen molar-refractivity contribution >= 4 is 17.8 Å². The number of carbonyl (C=O) groups is 3. The zero-order valence-electron chi connectivity index (χ0n) is 28.2. The number of benzene rings is 2. The second kappa shape index (κ2) is 11.5. The Bertz CT molecular complexity index is 2000. The molecule has 0 unspecified atom stereocenters. The summed E-state index contributed by atoms with van der Waals surface area (Å²) in [6.45, 7) is 0.0326. The van der Waals surface area contributed by atoms with E-state index in [1.807, 2.05) is 10.9 Å². The van der Waals surface area contributed by atoms with Gasteiger partial charge in [-0.25, -0.2) is 18.0 Å². The molecule has 280 valence electrons. The van der Waals surface area contributed by atoms with Crippen LogP contribution in [0, 0.1) is 11.2 Å². The number of ether oxygens (including phenoxy) is 2. The summed E-state index contributed by atoms with van der Waals surface area (Å²) in [7, 11) is 0. The maximum Gasteiger partial charge on any atom is 0.416 e. The fraction of sp³-hybridized carbons (Fsp3) is 0.500. The molecule has 11 nitrogen and oxygen atoms in total. The molecule has 5 fully saturated rings. The molecule has 4 saturated heterocycles. The monoisotopic (exact) mass is 744 g/mol. The summed E-state index contributed by atoms with van der Waals surface area (Å²) in [5.74, 6) is -6.68. The number of hydrogen-bond donors (Lipinski definition) is 1. The Morgan fingerprint density at radius 3 is 2.30 bits per heavy atom. The van der Waals surface area contributed by atoms with Crippen LogP contribution in [0.4, 0.5) is 31.1 Å². The first-order chi connectivity index (χ1) is 25.1. The number of alkyl halides is 5. The largest absolute Gasteiger partial charge is 0.416 e. The zero-order valence-corrected chi connectivity index (χ0v) is 28.2. The van der Waals surface area contributed by atoms with E-state index in [-0.39, 0.29) is 22.6 Å². The number of amides is 4. The van der Waals surface area contributed by atoms with E-state index in [4.69, 9.17) is 9.47 Å². The van der Waals surface area contributed by atoms with Crippen molar-refractivity contribution in [2.45, 2.75) is 61.1 Å². The number of urea groups is 1. The highest BCUT2D eigenvalue weighted by Gasteiger charge is 2.67. The summed E-state index contributed by atoms with van der Waals surface area (Å²) >= 11 is 0. The van der Waals surface area contributed by atoms with Crippen molar-refractivity contribution in [1.29, 1.82) is 0 Å². The molecule has 1 N–H and O–H groups in total. The third-order valence-electron chi connectivity index (χ3n) is 12.0. The van der Waals surface area contributed by atoms with Gasteiger partial charge in [0, 0.05) is 37.0 Å². The molecule has 3 aromatic rings. The van der Waals surface area contributed by atoms with E-state index < -0.39 is 85.1 Å². The van der Waals surface area contributed by atoms with Gasteiger partial charge in [0.05, 0.1) is 51.1 Å². The van der Waals surface area contributed by atoms with E-state index in [1.54, 1.807) is 12.3 Å². The lowest BCUT2D eigenvalue weighted by molar-refractivity contribution is -0.302. The van der Waals surface area contributed by atoms with Crippen molar-refractivity contribution in [2.24, 2.45) is 5.41 Å². The maximum atomic E-state index is 15.8. The lowest BCUT2D eigenvalue weighted by Crippen LogP contribution is -2.72. The number of fused-ring (bicyclic) bond motifs is 2. The van der Waals surface area contributed by atoms with Crippen LogP contribution >= 0.6 is 0 Å². The average Bonchev–Trinajstić information content (AvgIpc) is 3.65. The lowest BCUT2D eigenvalue weighted by atomic mass is 9.60. The van der Waals surface area contributed by atoms with E-state index in [0.717, 1.165) is 51.3 Å². The summed E-state index contributed by atoms with van der Waals surface area (Å²) < 4.78 is 100. The predicted octanol–water partition coefficient (Wildman–Crippen LogP) is 4.33. The second-order valence-electron chi connectivity index (χ2n) is 15.4. The molecule has 17 heteroatoms. The van der Waals surface area contributed by atoms with Crippen molar-refractivity contribution in [3.8, 4) is 11.1 Å². The minimum Gasteiger partial charge on any atom is -0.378 e. The van der Waals surface area contributed by atoms with Gasteiger partial charge in [0.2, 0.25) is 5.91 Å². The Morgan fingerprint density at radius 1 is 0.962 bits per heavy atom. The molecule has 1 aromatic heterocycles. The Hall–Kier alpha value is -4.48. The normalized spacial score (nSPS) is 25.8. The smallest absolute Gasteiger partial charge is 0.378 e. The van der Waals surface area contributed by atoms with Crippen molar-refractivity contribution in [1.82, 2.24) is 29.8 Å². The molecular formula is C36H34F6N6O5. The van der Waals surface area contributed by atoms with Crippen LogP contribution in [-0.4, -0.2) is 106 Å². The molecule has 4 amide bonds. The van der Waals surface area contributed by atoms with Crippen LogP contribution in [0.15, 0.2) is 54.9 Å². The number of carbonyl (C=O) groups excluding carboxylic acids is 3. The van der Waals surface area contributed by atoms with Crippen molar-refractivity contribution in [3.05, 3.63) is 77.4 Å². The fourth-order valence-corrected chi connectivity index (χ4v) is 8.81. The van der Waals surface area contributed by atoms with Gasteiger partial charge in [-0.3, -0.25) is 24.1 Å². The Morgan fingerprint density at radius 2 is 1.68 bits per heavy atom. The highest BCUT2D eigenvalue weighted by molar-refractivity contribution is 6.10. The van der Waals surface area contributed by atoms with Gasteiger partial charge in [-0.1, -0.05) is 24.3 Å². The van der Waals surface area contributed by atoms with Gasteiger partial charge in [0.25, 0.3) is 11.8 Å². The SMILES string of the molecule is O=C1N[C@]2(CC(F)(F)c3cc(-c4cnn(C5CC6(C5)CN(C5COC5)C6)c4)ccc32)C(=O)N1CC(=O)N(Cc1ccc(F)cc1)C1(C(F)(F)F)COC1. The number of imide groups is 1. The fourth-order valence-electron chi connectivity index (χ4n) is 8.81. The molecule has 6 aliphatic rings. The first-order valence-corrected chi connectivity index (χ1v) is 17.3. The van der Waals surface area contributed by atoms with Crippen LogP contribution < -0.4 is 5.32 Å². The summed E-state index contributed by atoms with van der Waals surface area (Å²) in [6, 6.07) is 8.10. The van der Waals surface area contributed by atoms with Gasteiger partial charge in [0.15, 0.2) is 11.1 Å². The van der Waals surface area contributed by atoms with Crippen LogP contribution in [0.1, 0.15) is 42.0 Å². The van der Waals surface area contributed by atoms with Crippen LogP contribution in [0.25, 0.3) is 11.1 Å². The number of nitrogens with zero attached hydrogens (tertiary/aromatic N) is 5. The third-order valence-corrected chi connectivity index (χ3v) is 12.0. The maximum absolute atomic E-state index is 15.8. The zero-order chi connectivity index (χ0) is 37.1. The first-order valence-electron chi connectivity index (χ1n) is 17.3. The van der Waals surface area contributed by atoms with Gasteiger partial charge in [-0.05, 0) is 53.1 Å². The number of likely N-dealkylation sites (tertiary alicyclic amines) is 1. The van der Waals surface area contributed by atoms with Crippen molar-refractivity contribution in [2.75, 3.05) is 46.1 Å². The number of nitrogens with one attached hydrogen (secondary N) is 1. The highest BCUT2D eigenvalue weighted by Crippen LogP contribution is 2.56. The molecule has 53 heavy (non-hydrogen) atoms. The minimum absolute atomic E-state index is 0.149. The van der Waals surface area contributed by atoms with Crippen LogP contribution in [0.2, 0.25) is 0 Å². The Kier molecular flexibility index (Phi) is 7.45. The van der Waals surface area contributed by atoms with Crippen LogP contribution in [-0.2, 0) is 37.1 Å². The summed E-state index contributed by atoms with van der Waals surface area (Å²) in [5.41, 5.74) is -4.22. The molecular weight excluding hydrogens is 710 g/mol. The molecule has 1 atom stereocenters. The van der Waals surface area contributed by atoms with Crippen LogP contribution in [0.5, 0.6) is 0 Å². The predicted molar refractivity (Wildman–Crippen MR) is 172 cm³/mol. The molecule has 0 bridgehead atoms. The van der Waals surface area contributed by atoms with Gasteiger partial charge in [-0.15, -0.1) is 0 Å². The molecule has 4 aliphatic heterocycles. The molecule has 2 aliphatic carbocycles. The molecule has 9 rings (SSSR count). The second-order valence-corrected chi connectivity index (χ2v) is 15.4. The van der Waals surface area contributed by atoms with Gasteiger partial charge in [-0.2, -0.15) is 18.3 Å². The van der Waals surface area contributed by atoms with Gasteiger partial charge in [0.1, 0.15) is 12.4 Å². The quantitative estimate of drug-likeness (QED) is 0.271. The third kappa shape index (κ3) is 5.21. The van der Waals surface area contributed by atoms with E-state index in [1.165, 1.54) is 24.3 Å². The first kappa shape index (κ1) is 34.3. The molecule has 0 radical (unpaired) electrons. The topological polar surface area (TPSA) is 109 Å². The van der Waals surface area contributed by atoms with Crippen molar-refractivity contribution < 1.29 is 50.2 Å². The summed E-state index contributed by atoms with van der Waals surface area (Å²) in [6.07, 6.45) is -0.752. The number of halogens is 6. The molecule has 5 heterocycles. The lowest BCUT2D eigenvalue weighted by Gasteiger charge is -2.61. The molecule has 2 aromatic carbocycles. The van der Waals surface area contributed by atoms with Crippen molar-refractivity contribution in [3.63, 3.8) is 0 Å². The minimum atomic E-state index is -4.97. The summed E-state index contributed by atoms with van der Waals surface area (Å²) in [4.78, 5) is 44.1. The molecule has 2 spiro atoms.